The second-order valence-corrected chi connectivity index (χ2v) is 7.03. The van der Waals surface area contributed by atoms with Gasteiger partial charge in [0, 0.05) is 19.0 Å². The molecule has 2 aliphatic rings. The molecule has 2 aliphatic heterocycles. The number of carbonyl (C=O) groups is 1. The summed E-state index contributed by atoms with van der Waals surface area (Å²) in [6, 6.07) is 8.17. The van der Waals surface area contributed by atoms with Gasteiger partial charge in [0.25, 0.3) is 0 Å². The van der Waals surface area contributed by atoms with Crippen molar-refractivity contribution in [2.24, 2.45) is 5.92 Å². The lowest BCUT2D eigenvalue weighted by atomic mass is 9.90. The average molecular weight is 332 g/mol. The SMILES string of the molecule is Cc1ccccc1[C@@H](C)NC(=O)N1CCC[C@H](C2(C)OCCO2)C1. The number of urea groups is 1. The van der Waals surface area contributed by atoms with Gasteiger partial charge in [-0.1, -0.05) is 24.3 Å². The largest absolute Gasteiger partial charge is 0.347 e. The van der Waals surface area contributed by atoms with E-state index in [1.54, 1.807) is 0 Å². The predicted octanol–water partition coefficient (Wildman–Crippen LogP) is 3.24. The van der Waals surface area contributed by atoms with Gasteiger partial charge >= 0.3 is 6.03 Å². The molecule has 0 spiro atoms. The van der Waals surface area contributed by atoms with Crippen LogP contribution in [0.15, 0.2) is 24.3 Å². The summed E-state index contributed by atoms with van der Waals surface area (Å²) in [6.07, 6.45) is 2.02. The molecule has 5 heteroatoms. The average Bonchev–Trinajstić information content (AvgIpc) is 3.03. The summed E-state index contributed by atoms with van der Waals surface area (Å²) in [5, 5.41) is 3.14. The Balaban J connectivity index is 1.61. The maximum atomic E-state index is 12.7. The molecule has 132 valence electrons. The van der Waals surface area contributed by atoms with Gasteiger partial charge in [0.15, 0.2) is 5.79 Å². The molecule has 3 rings (SSSR count). The molecule has 0 unspecified atom stereocenters. The second kappa shape index (κ2) is 7.11. The number of carbonyl (C=O) groups excluding carboxylic acids is 1. The van der Waals surface area contributed by atoms with Crippen LogP contribution < -0.4 is 5.32 Å². The molecule has 2 atom stereocenters. The number of piperidine rings is 1. The van der Waals surface area contributed by atoms with Crippen molar-refractivity contribution >= 4 is 6.03 Å². The number of aryl methyl sites for hydroxylation is 1. The van der Waals surface area contributed by atoms with Gasteiger partial charge in [-0.05, 0) is 44.7 Å². The molecule has 0 saturated carbocycles. The number of amides is 2. The van der Waals surface area contributed by atoms with Crippen LogP contribution in [-0.4, -0.2) is 43.0 Å². The second-order valence-electron chi connectivity index (χ2n) is 7.03. The van der Waals surface area contributed by atoms with Crippen molar-refractivity contribution in [3.8, 4) is 0 Å². The molecule has 1 N–H and O–H groups in total. The quantitative estimate of drug-likeness (QED) is 0.924. The number of nitrogens with zero attached hydrogens (tertiary/aromatic N) is 1. The Labute approximate surface area is 144 Å². The van der Waals surface area contributed by atoms with E-state index in [0.717, 1.165) is 24.9 Å². The fourth-order valence-electron chi connectivity index (χ4n) is 3.78. The Bertz CT molecular complexity index is 584. The number of hydrogen-bond acceptors (Lipinski definition) is 3. The third-order valence-corrected chi connectivity index (χ3v) is 5.31. The molecule has 1 aromatic rings. The monoisotopic (exact) mass is 332 g/mol. The lowest BCUT2D eigenvalue weighted by Gasteiger charge is -2.40. The summed E-state index contributed by atoms with van der Waals surface area (Å²) >= 11 is 0. The number of benzene rings is 1. The van der Waals surface area contributed by atoms with E-state index in [0.29, 0.717) is 19.8 Å². The third kappa shape index (κ3) is 3.57. The van der Waals surface area contributed by atoms with Crippen LogP contribution >= 0.6 is 0 Å². The Morgan fingerprint density at radius 3 is 2.75 bits per heavy atom. The number of likely N-dealkylation sites (tertiary alicyclic amines) is 1. The molecule has 1 aromatic carbocycles. The summed E-state index contributed by atoms with van der Waals surface area (Å²) in [5.41, 5.74) is 2.36. The molecule has 2 saturated heterocycles. The predicted molar refractivity (Wildman–Crippen MR) is 92.7 cm³/mol. The van der Waals surface area contributed by atoms with Crippen molar-refractivity contribution in [1.29, 1.82) is 0 Å². The van der Waals surface area contributed by atoms with Gasteiger partial charge in [0.2, 0.25) is 0 Å². The Kier molecular flexibility index (Phi) is 5.11. The molecular weight excluding hydrogens is 304 g/mol. The number of rotatable bonds is 3. The first-order chi connectivity index (χ1) is 11.5. The molecule has 5 nitrogen and oxygen atoms in total. The lowest BCUT2D eigenvalue weighted by Crippen LogP contribution is -2.51. The molecular formula is C19H28N2O3. The van der Waals surface area contributed by atoms with Crippen LogP contribution in [0.1, 0.15) is 43.9 Å². The molecule has 2 amide bonds. The van der Waals surface area contributed by atoms with Crippen LogP contribution in [0.25, 0.3) is 0 Å². The number of nitrogens with one attached hydrogen (secondary N) is 1. The highest BCUT2D eigenvalue weighted by Gasteiger charge is 2.42. The van der Waals surface area contributed by atoms with Crippen LogP contribution in [-0.2, 0) is 9.47 Å². The van der Waals surface area contributed by atoms with Crippen LogP contribution in [0.5, 0.6) is 0 Å². The molecule has 24 heavy (non-hydrogen) atoms. The molecule has 0 aliphatic carbocycles. The van der Waals surface area contributed by atoms with Gasteiger partial charge < -0.3 is 19.7 Å². The van der Waals surface area contributed by atoms with E-state index in [4.69, 9.17) is 9.47 Å². The standard InChI is InChI=1S/C19H28N2O3/c1-14-7-4-5-9-17(14)15(2)20-18(22)21-10-6-8-16(13-21)19(3)23-11-12-24-19/h4-5,7,9,15-16H,6,8,10-13H2,1-3H3,(H,20,22)/t15-,16+/m1/s1. The lowest BCUT2D eigenvalue weighted by molar-refractivity contribution is -0.189. The van der Waals surface area contributed by atoms with Crippen molar-refractivity contribution in [1.82, 2.24) is 10.2 Å². The normalized spacial score (nSPS) is 24.6. The summed E-state index contributed by atoms with van der Waals surface area (Å²) in [6.45, 7) is 8.87. The zero-order chi connectivity index (χ0) is 17.2. The van der Waals surface area contributed by atoms with Crippen molar-refractivity contribution in [3.05, 3.63) is 35.4 Å². The first-order valence-corrected chi connectivity index (χ1v) is 8.88. The highest BCUT2D eigenvalue weighted by Crippen LogP contribution is 2.34. The Hall–Kier alpha value is -1.59. The minimum Gasteiger partial charge on any atom is -0.347 e. The van der Waals surface area contributed by atoms with E-state index >= 15 is 0 Å². The first-order valence-electron chi connectivity index (χ1n) is 8.88. The molecule has 2 fully saturated rings. The van der Waals surface area contributed by atoms with Gasteiger partial charge in [-0.15, -0.1) is 0 Å². The smallest absolute Gasteiger partial charge is 0.317 e. The maximum Gasteiger partial charge on any atom is 0.317 e. The van der Waals surface area contributed by atoms with Gasteiger partial charge in [-0.25, -0.2) is 4.79 Å². The van der Waals surface area contributed by atoms with Gasteiger partial charge in [0.05, 0.1) is 19.3 Å². The van der Waals surface area contributed by atoms with E-state index in [9.17, 15) is 4.79 Å². The van der Waals surface area contributed by atoms with Crippen molar-refractivity contribution in [2.45, 2.75) is 45.4 Å². The van der Waals surface area contributed by atoms with Crippen molar-refractivity contribution < 1.29 is 14.3 Å². The van der Waals surface area contributed by atoms with Gasteiger partial charge in [0.1, 0.15) is 0 Å². The highest BCUT2D eigenvalue weighted by atomic mass is 16.7. The fraction of sp³-hybridized carbons (Fsp3) is 0.632. The van der Waals surface area contributed by atoms with E-state index in [2.05, 4.69) is 24.4 Å². The maximum absolute atomic E-state index is 12.7. The van der Waals surface area contributed by atoms with Crippen molar-refractivity contribution in [2.75, 3.05) is 26.3 Å². The molecule has 0 aromatic heterocycles. The van der Waals surface area contributed by atoms with E-state index in [1.807, 2.05) is 30.9 Å². The fourth-order valence-corrected chi connectivity index (χ4v) is 3.78. The zero-order valence-corrected chi connectivity index (χ0v) is 14.9. The Morgan fingerprint density at radius 1 is 1.33 bits per heavy atom. The third-order valence-electron chi connectivity index (χ3n) is 5.31. The molecule has 0 radical (unpaired) electrons. The summed E-state index contributed by atoms with van der Waals surface area (Å²) in [4.78, 5) is 14.6. The van der Waals surface area contributed by atoms with Crippen LogP contribution in [0.2, 0.25) is 0 Å². The van der Waals surface area contributed by atoms with Gasteiger partial charge in [-0.2, -0.15) is 0 Å². The molecule has 0 bridgehead atoms. The summed E-state index contributed by atoms with van der Waals surface area (Å²) in [5.74, 6) is -0.311. The summed E-state index contributed by atoms with van der Waals surface area (Å²) < 4.78 is 11.6. The highest BCUT2D eigenvalue weighted by molar-refractivity contribution is 5.75. The van der Waals surface area contributed by atoms with Crippen molar-refractivity contribution in [3.63, 3.8) is 0 Å². The van der Waals surface area contributed by atoms with E-state index < -0.39 is 5.79 Å². The summed E-state index contributed by atoms with van der Waals surface area (Å²) in [7, 11) is 0. The van der Waals surface area contributed by atoms with E-state index in [-0.39, 0.29) is 18.0 Å². The topological polar surface area (TPSA) is 50.8 Å². The first kappa shape index (κ1) is 17.2. The molecule has 2 heterocycles. The number of ether oxygens (including phenoxy) is 2. The van der Waals surface area contributed by atoms with Crippen LogP contribution in [0.4, 0.5) is 4.79 Å². The zero-order valence-electron chi connectivity index (χ0n) is 14.9. The minimum absolute atomic E-state index is 0.00273. The van der Waals surface area contributed by atoms with E-state index in [1.165, 1.54) is 5.56 Å². The van der Waals surface area contributed by atoms with Crippen LogP contribution in [0.3, 0.4) is 0 Å². The minimum atomic E-state index is -0.541. The van der Waals surface area contributed by atoms with Crippen LogP contribution in [0, 0.1) is 12.8 Å². The Morgan fingerprint density at radius 2 is 2.04 bits per heavy atom. The van der Waals surface area contributed by atoms with Gasteiger partial charge in [-0.3, -0.25) is 0 Å². The number of hydrogen-bond donors (Lipinski definition) is 1.